The minimum atomic E-state index is -0.409. The number of rotatable bonds is 0. The van der Waals surface area contributed by atoms with Crippen LogP contribution in [0.5, 0.6) is 0 Å². The van der Waals surface area contributed by atoms with Crippen LogP contribution in [-0.2, 0) is 0 Å². The quantitative estimate of drug-likeness (QED) is 0.490. The van der Waals surface area contributed by atoms with E-state index in [4.69, 9.17) is 0 Å². The van der Waals surface area contributed by atoms with Crippen molar-refractivity contribution in [3.63, 3.8) is 0 Å². The zero-order valence-electron chi connectivity index (χ0n) is 7.01. The van der Waals surface area contributed by atoms with E-state index in [1.54, 1.807) is 0 Å². The van der Waals surface area contributed by atoms with Gasteiger partial charge in [-0.1, -0.05) is 0 Å². The number of nitrogens with one attached hydrogen (secondary N) is 2. The molecule has 1 atom stereocenters. The summed E-state index contributed by atoms with van der Waals surface area (Å²) in [7, 11) is 0. The summed E-state index contributed by atoms with van der Waals surface area (Å²) in [4.78, 5) is 0. The molecule has 3 N–H and O–H groups in total. The number of hydrogen-bond donors (Lipinski definition) is 3. The molecule has 1 fully saturated rings. The van der Waals surface area contributed by atoms with Gasteiger partial charge in [-0.15, -0.1) is 0 Å². The molecule has 3 heteroatoms. The average molecular weight is 166 g/mol. The van der Waals surface area contributed by atoms with Crippen LogP contribution >= 0.6 is 0 Å². The van der Waals surface area contributed by atoms with Gasteiger partial charge in [0, 0.05) is 11.6 Å². The molecular formula is C9H14N2O. The van der Waals surface area contributed by atoms with Crippen molar-refractivity contribution in [2.24, 2.45) is 11.8 Å². The maximum atomic E-state index is 9.61. The average Bonchev–Trinajstić information content (AvgIpc) is 2.53. The van der Waals surface area contributed by atoms with Gasteiger partial charge in [0.05, 0.1) is 0 Å². The van der Waals surface area contributed by atoms with E-state index >= 15 is 0 Å². The minimum Gasteiger partial charge on any atom is -0.373 e. The van der Waals surface area contributed by atoms with E-state index in [1.165, 1.54) is 37.0 Å². The molecule has 0 saturated heterocycles. The molecule has 4 rings (SSSR count). The zero-order valence-corrected chi connectivity index (χ0v) is 7.01. The lowest BCUT2D eigenvalue weighted by molar-refractivity contribution is 0.157. The largest absolute Gasteiger partial charge is 0.373 e. The second-order valence-electron chi connectivity index (χ2n) is 4.09. The molecule has 2 bridgehead atoms. The number of hydrogen-bond acceptors (Lipinski definition) is 3. The van der Waals surface area contributed by atoms with Gasteiger partial charge < -0.3 is 10.5 Å². The summed E-state index contributed by atoms with van der Waals surface area (Å²) >= 11 is 0. The first-order chi connectivity index (χ1) is 5.86. The van der Waals surface area contributed by atoms with Gasteiger partial charge in [0.25, 0.3) is 0 Å². The zero-order chi connectivity index (χ0) is 8.13. The summed E-state index contributed by atoms with van der Waals surface area (Å²) < 4.78 is 0. The van der Waals surface area contributed by atoms with Gasteiger partial charge >= 0.3 is 0 Å². The Kier molecular flexibility index (Phi) is 1.29. The number of aliphatic hydroxyl groups excluding tert-OH is 1. The van der Waals surface area contributed by atoms with E-state index in [1.807, 2.05) is 0 Å². The Morgan fingerprint density at radius 3 is 2.42 bits per heavy atom. The van der Waals surface area contributed by atoms with Crippen LogP contribution in [0.2, 0.25) is 0 Å². The van der Waals surface area contributed by atoms with Crippen molar-refractivity contribution in [1.82, 2.24) is 10.9 Å². The first-order valence-corrected chi connectivity index (χ1v) is 4.80. The summed E-state index contributed by atoms with van der Waals surface area (Å²) in [5.41, 5.74) is 8.58. The van der Waals surface area contributed by atoms with Gasteiger partial charge in [-0.2, -0.15) is 0 Å². The highest BCUT2D eigenvalue weighted by Crippen LogP contribution is 2.46. The molecule has 3 nitrogen and oxygen atoms in total. The third kappa shape index (κ3) is 0.730. The van der Waals surface area contributed by atoms with Crippen molar-refractivity contribution in [2.45, 2.75) is 31.9 Å². The first kappa shape index (κ1) is 6.92. The molecular weight excluding hydrogens is 152 g/mol. The first-order valence-electron chi connectivity index (χ1n) is 4.80. The fraction of sp³-hybridized carbons (Fsp3) is 0.778. The highest BCUT2D eigenvalue weighted by Gasteiger charge is 2.40. The number of aliphatic hydroxyl groups is 1. The van der Waals surface area contributed by atoms with Gasteiger partial charge in [0.1, 0.15) is 6.23 Å². The third-order valence-corrected chi connectivity index (χ3v) is 3.52. The second kappa shape index (κ2) is 2.24. The molecule has 1 heterocycles. The lowest BCUT2D eigenvalue weighted by atomic mass is 9.69. The van der Waals surface area contributed by atoms with Crippen LogP contribution in [0.25, 0.3) is 0 Å². The van der Waals surface area contributed by atoms with Crippen LogP contribution in [0, 0.1) is 11.8 Å². The van der Waals surface area contributed by atoms with Crippen LogP contribution < -0.4 is 10.9 Å². The fourth-order valence-corrected chi connectivity index (χ4v) is 2.92. The van der Waals surface area contributed by atoms with E-state index in [0.717, 1.165) is 0 Å². The molecule has 12 heavy (non-hydrogen) atoms. The Bertz CT molecular complexity index is 241. The Hall–Kier alpha value is -0.540. The van der Waals surface area contributed by atoms with E-state index in [2.05, 4.69) is 10.9 Å². The molecule has 4 aliphatic rings. The van der Waals surface area contributed by atoms with E-state index in [9.17, 15) is 5.11 Å². The van der Waals surface area contributed by atoms with Gasteiger partial charge in [-0.05, 0) is 37.2 Å². The summed E-state index contributed by atoms with van der Waals surface area (Å²) in [6, 6.07) is 0. The molecule has 66 valence electrons. The smallest absolute Gasteiger partial charge is 0.145 e. The van der Waals surface area contributed by atoms with E-state index in [-0.39, 0.29) is 0 Å². The predicted octanol–water partition coefficient (Wildman–Crippen LogP) is 0.487. The van der Waals surface area contributed by atoms with Crippen molar-refractivity contribution in [1.29, 1.82) is 0 Å². The number of allylic oxidation sites excluding steroid dienone is 1. The molecule has 0 aromatic carbocycles. The lowest BCUT2D eigenvalue weighted by Gasteiger charge is -2.37. The monoisotopic (exact) mass is 166 g/mol. The Morgan fingerprint density at radius 2 is 1.75 bits per heavy atom. The maximum Gasteiger partial charge on any atom is 0.145 e. The maximum absolute atomic E-state index is 9.61. The molecule has 0 spiro atoms. The predicted molar refractivity (Wildman–Crippen MR) is 44.8 cm³/mol. The van der Waals surface area contributed by atoms with Crippen LogP contribution in [0.4, 0.5) is 0 Å². The van der Waals surface area contributed by atoms with Gasteiger partial charge in [0.15, 0.2) is 0 Å². The number of hydrazine groups is 1. The topological polar surface area (TPSA) is 44.3 Å². The van der Waals surface area contributed by atoms with Gasteiger partial charge in [0.2, 0.25) is 0 Å². The lowest BCUT2D eigenvalue weighted by Crippen LogP contribution is -2.32. The molecule has 3 aliphatic carbocycles. The molecule has 1 unspecified atom stereocenters. The molecule has 0 aromatic rings. The molecule has 1 aliphatic heterocycles. The van der Waals surface area contributed by atoms with Crippen molar-refractivity contribution in [3.05, 3.63) is 11.3 Å². The summed E-state index contributed by atoms with van der Waals surface area (Å²) in [6.07, 6.45) is 4.78. The highest BCUT2D eigenvalue weighted by atomic mass is 16.3. The van der Waals surface area contributed by atoms with Crippen LogP contribution in [0.3, 0.4) is 0 Å². The molecule has 1 saturated carbocycles. The summed E-state index contributed by atoms with van der Waals surface area (Å²) in [5, 5.41) is 9.61. The van der Waals surface area contributed by atoms with Gasteiger partial charge in [-0.25, -0.2) is 5.43 Å². The van der Waals surface area contributed by atoms with Crippen LogP contribution in [-0.4, -0.2) is 11.3 Å². The summed E-state index contributed by atoms with van der Waals surface area (Å²) in [6.45, 7) is 0. The van der Waals surface area contributed by atoms with Crippen LogP contribution in [0.1, 0.15) is 25.7 Å². The summed E-state index contributed by atoms with van der Waals surface area (Å²) in [5.74, 6) is 1.36. The van der Waals surface area contributed by atoms with Crippen molar-refractivity contribution in [2.75, 3.05) is 0 Å². The second-order valence-corrected chi connectivity index (χ2v) is 4.09. The fourth-order valence-electron chi connectivity index (χ4n) is 2.92. The Labute approximate surface area is 71.8 Å². The number of fused-ring (bicyclic) bond motifs is 2. The molecule has 0 aromatic heterocycles. The van der Waals surface area contributed by atoms with Crippen molar-refractivity contribution >= 4 is 0 Å². The van der Waals surface area contributed by atoms with Crippen molar-refractivity contribution < 1.29 is 5.11 Å². The SMILES string of the molecule is OC1NNC2=C1C1CCC2CC1. The van der Waals surface area contributed by atoms with Gasteiger partial charge in [-0.3, -0.25) is 0 Å². The standard InChI is InChI=1S/C9H14N2O/c12-9-7-5-1-3-6(4-2-5)8(7)10-11-9/h5-6,9-12H,1-4H2. The van der Waals surface area contributed by atoms with Crippen LogP contribution in [0.15, 0.2) is 11.3 Å². The third-order valence-electron chi connectivity index (χ3n) is 3.52. The normalized spacial score (nSPS) is 44.6. The Morgan fingerprint density at radius 1 is 1.08 bits per heavy atom. The van der Waals surface area contributed by atoms with Crippen molar-refractivity contribution in [3.8, 4) is 0 Å². The highest BCUT2D eigenvalue weighted by molar-refractivity contribution is 5.30. The molecule has 0 radical (unpaired) electrons. The van der Waals surface area contributed by atoms with E-state index < -0.39 is 6.23 Å². The van der Waals surface area contributed by atoms with E-state index in [0.29, 0.717) is 11.8 Å². The Balaban J connectivity index is 2.05. The molecule has 0 amide bonds. The minimum absolute atomic E-state index is 0.409.